The molecular formula is C12H18N2OS. The van der Waals surface area contributed by atoms with Gasteiger partial charge >= 0.3 is 0 Å². The Bertz CT molecular complexity index is 369. The van der Waals surface area contributed by atoms with Crippen molar-refractivity contribution in [3.8, 4) is 0 Å². The van der Waals surface area contributed by atoms with E-state index in [0.717, 1.165) is 26.1 Å². The van der Waals surface area contributed by atoms with Gasteiger partial charge in [-0.3, -0.25) is 4.79 Å². The van der Waals surface area contributed by atoms with Crippen LogP contribution < -0.4 is 5.32 Å². The largest absolute Gasteiger partial charge is 0.340 e. The molecule has 0 radical (unpaired) electrons. The van der Waals surface area contributed by atoms with Gasteiger partial charge in [-0.05, 0) is 32.0 Å². The highest BCUT2D eigenvalue weighted by Crippen LogP contribution is 2.18. The highest BCUT2D eigenvalue weighted by atomic mass is 32.1. The highest BCUT2D eigenvalue weighted by molar-refractivity contribution is 7.11. The van der Waals surface area contributed by atoms with Gasteiger partial charge in [-0.25, -0.2) is 0 Å². The number of aryl methyl sites for hydroxylation is 1. The second-order valence-corrected chi connectivity index (χ2v) is 5.77. The van der Waals surface area contributed by atoms with Crippen molar-refractivity contribution in [1.29, 1.82) is 0 Å². The molecule has 1 aliphatic rings. The standard InChI is InChI=1S/C12H18N2OS/c1-9-3-4-11(16-9)8-14(2)12(15)10-5-6-13-7-10/h3-4,10,13H,5-8H2,1-2H3. The molecule has 1 saturated heterocycles. The lowest BCUT2D eigenvalue weighted by molar-refractivity contribution is -0.134. The average Bonchev–Trinajstić information content (AvgIpc) is 2.88. The molecule has 0 saturated carbocycles. The first-order chi connectivity index (χ1) is 7.66. The van der Waals surface area contributed by atoms with Crippen molar-refractivity contribution in [1.82, 2.24) is 10.2 Å². The molecule has 1 aromatic heterocycles. The summed E-state index contributed by atoms with van der Waals surface area (Å²) in [7, 11) is 1.90. The zero-order valence-electron chi connectivity index (χ0n) is 9.82. The molecule has 3 nitrogen and oxygen atoms in total. The number of carbonyl (C=O) groups is 1. The monoisotopic (exact) mass is 238 g/mol. The molecule has 0 aromatic carbocycles. The van der Waals surface area contributed by atoms with Crippen LogP contribution in [0.5, 0.6) is 0 Å². The Kier molecular flexibility index (Phi) is 3.61. The van der Waals surface area contributed by atoms with Crippen molar-refractivity contribution in [2.75, 3.05) is 20.1 Å². The average molecular weight is 238 g/mol. The van der Waals surface area contributed by atoms with Crippen LogP contribution in [0.15, 0.2) is 12.1 Å². The Balaban J connectivity index is 1.91. The van der Waals surface area contributed by atoms with E-state index in [0.29, 0.717) is 0 Å². The van der Waals surface area contributed by atoms with Gasteiger partial charge in [-0.2, -0.15) is 0 Å². The van der Waals surface area contributed by atoms with Gasteiger partial charge in [0.05, 0.1) is 12.5 Å². The summed E-state index contributed by atoms with van der Waals surface area (Å²) in [6, 6.07) is 4.21. The van der Waals surface area contributed by atoms with Gasteiger partial charge in [0.2, 0.25) is 5.91 Å². The summed E-state index contributed by atoms with van der Waals surface area (Å²) in [6.45, 7) is 4.65. The second-order valence-electron chi connectivity index (χ2n) is 4.40. The summed E-state index contributed by atoms with van der Waals surface area (Å²) < 4.78 is 0. The third kappa shape index (κ3) is 2.62. The first kappa shape index (κ1) is 11.6. The van der Waals surface area contributed by atoms with E-state index in [1.54, 1.807) is 11.3 Å². The van der Waals surface area contributed by atoms with Crippen LogP contribution in [0.1, 0.15) is 16.2 Å². The lowest BCUT2D eigenvalue weighted by atomic mass is 10.1. The molecule has 0 bridgehead atoms. The van der Waals surface area contributed by atoms with Gasteiger partial charge < -0.3 is 10.2 Å². The molecule has 1 unspecified atom stereocenters. The minimum absolute atomic E-state index is 0.186. The van der Waals surface area contributed by atoms with Crippen LogP contribution in [-0.4, -0.2) is 30.9 Å². The van der Waals surface area contributed by atoms with E-state index in [2.05, 4.69) is 24.4 Å². The Labute approximate surface area is 100 Å². The number of nitrogens with one attached hydrogen (secondary N) is 1. The SMILES string of the molecule is Cc1ccc(CN(C)C(=O)C2CCNC2)s1. The number of amides is 1. The molecule has 2 heterocycles. The van der Waals surface area contributed by atoms with E-state index in [1.807, 2.05) is 11.9 Å². The number of carbonyl (C=O) groups excluding carboxylic acids is 1. The van der Waals surface area contributed by atoms with Crippen molar-refractivity contribution >= 4 is 17.2 Å². The molecule has 0 aliphatic carbocycles. The van der Waals surface area contributed by atoms with E-state index >= 15 is 0 Å². The summed E-state index contributed by atoms with van der Waals surface area (Å²) in [5.74, 6) is 0.460. The Morgan fingerprint density at radius 3 is 3.00 bits per heavy atom. The first-order valence-corrected chi connectivity index (χ1v) is 6.49. The van der Waals surface area contributed by atoms with Gasteiger partial charge in [0.15, 0.2) is 0 Å². The molecule has 1 aromatic rings. The molecule has 1 N–H and O–H groups in total. The van der Waals surface area contributed by atoms with Crippen molar-refractivity contribution < 1.29 is 4.79 Å². The fraction of sp³-hybridized carbons (Fsp3) is 0.583. The molecule has 2 rings (SSSR count). The van der Waals surface area contributed by atoms with Crippen LogP contribution in [-0.2, 0) is 11.3 Å². The van der Waals surface area contributed by atoms with Gasteiger partial charge in [-0.1, -0.05) is 0 Å². The summed E-state index contributed by atoms with van der Waals surface area (Å²) in [6.07, 6.45) is 0.979. The molecular weight excluding hydrogens is 220 g/mol. The van der Waals surface area contributed by atoms with Crippen LogP contribution in [0, 0.1) is 12.8 Å². The second kappa shape index (κ2) is 4.97. The number of thiophene rings is 1. The molecule has 88 valence electrons. The van der Waals surface area contributed by atoms with Gasteiger partial charge in [0.25, 0.3) is 0 Å². The van der Waals surface area contributed by atoms with E-state index < -0.39 is 0 Å². The van der Waals surface area contributed by atoms with Crippen molar-refractivity contribution in [3.05, 3.63) is 21.9 Å². The Morgan fingerprint density at radius 2 is 2.44 bits per heavy atom. The van der Waals surface area contributed by atoms with Gasteiger partial charge in [-0.15, -0.1) is 11.3 Å². The predicted molar refractivity (Wildman–Crippen MR) is 66.5 cm³/mol. The fourth-order valence-corrected chi connectivity index (χ4v) is 3.00. The number of nitrogens with zero attached hydrogens (tertiary/aromatic N) is 1. The molecule has 0 spiro atoms. The summed E-state index contributed by atoms with van der Waals surface area (Å²) in [5.41, 5.74) is 0. The maximum absolute atomic E-state index is 12.0. The Hall–Kier alpha value is -0.870. The van der Waals surface area contributed by atoms with Crippen molar-refractivity contribution in [2.45, 2.75) is 19.9 Å². The maximum atomic E-state index is 12.0. The van der Waals surface area contributed by atoms with E-state index in [4.69, 9.17) is 0 Å². The topological polar surface area (TPSA) is 32.3 Å². The van der Waals surface area contributed by atoms with Gasteiger partial charge in [0, 0.05) is 23.3 Å². The maximum Gasteiger partial charge on any atom is 0.227 e. The molecule has 1 aliphatic heterocycles. The lowest BCUT2D eigenvalue weighted by Crippen LogP contribution is -2.33. The quantitative estimate of drug-likeness (QED) is 0.868. The van der Waals surface area contributed by atoms with Crippen LogP contribution in [0.4, 0.5) is 0 Å². The zero-order valence-corrected chi connectivity index (χ0v) is 10.6. The minimum atomic E-state index is 0.186. The minimum Gasteiger partial charge on any atom is -0.340 e. The lowest BCUT2D eigenvalue weighted by Gasteiger charge is -2.19. The first-order valence-electron chi connectivity index (χ1n) is 5.68. The molecule has 1 atom stereocenters. The number of rotatable bonds is 3. The predicted octanol–water partition coefficient (Wildman–Crippen LogP) is 1.62. The summed E-state index contributed by atoms with van der Waals surface area (Å²) in [5, 5.41) is 3.23. The molecule has 1 amide bonds. The van der Waals surface area contributed by atoms with Crippen molar-refractivity contribution in [2.24, 2.45) is 5.92 Å². The van der Waals surface area contributed by atoms with Crippen molar-refractivity contribution in [3.63, 3.8) is 0 Å². The van der Waals surface area contributed by atoms with Crippen LogP contribution in [0.25, 0.3) is 0 Å². The van der Waals surface area contributed by atoms with E-state index in [9.17, 15) is 4.79 Å². The van der Waals surface area contributed by atoms with Crippen LogP contribution in [0.2, 0.25) is 0 Å². The number of hydrogen-bond donors (Lipinski definition) is 1. The smallest absolute Gasteiger partial charge is 0.227 e. The molecule has 4 heteroatoms. The third-order valence-electron chi connectivity index (χ3n) is 2.97. The number of hydrogen-bond acceptors (Lipinski definition) is 3. The molecule has 16 heavy (non-hydrogen) atoms. The van der Waals surface area contributed by atoms with Crippen LogP contribution in [0.3, 0.4) is 0 Å². The normalized spacial score (nSPS) is 20.0. The fourth-order valence-electron chi connectivity index (χ4n) is 2.06. The summed E-state index contributed by atoms with van der Waals surface area (Å²) >= 11 is 1.77. The van der Waals surface area contributed by atoms with E-state index in [1.165, 1.54) is 9.75 Å². The van der Waals surface area contributed by atoms with E-state index in [-0.39, 0.29) is 11.8 Å². The molecule has 1 fully saturated rings. The van der Waals surface area contributed by atoms with Crippen LogP contribution >= 0.6 is 11.3 Å². The van der Waals surface area contributed by atoms with Gasteiger partial charge in [0.1, 0.15) is 0 Å². The highest BCUT2D eigenvalue weighted by Gasteiger charge is 2.25. The Morgan fingerprint density at radius 1 is 1.62 bits per heavy atom. The summed E-state index contributed by atoms with van der Waals surface area (Å²) in [4.78, 5) is 16.5. The third-order valence-corrected chi connectivity index (χ3v) is 3.96. The zero-order chi connectivity index (χ0) is 11.5.